The molecule has 5 N–H and O–H groups in total. The third-order valence-electron chi connectivity index (χ3n) is 7.82. The molecule has 0 radical (unpaired) electrons. The molecule has 2 aromatic carbocycles. The minimum Gasteiger partial charge on any atom is -0.497 e. The molecule has 0 spiro atoms. The van der Waals surface area contributed by atoms with Gasteiger partial charge in [-0.05, 0) is 55.9 Å². The number of benzene rings is 2. The fourth-order valence-electron chi connectivity index (χ4n) is 5.50. The highest BCUT2D eigenvalue weighted by Gasteiger charge is 2.57. The third kappa shape index (κ3) is 7.43. The van der Waals surface area contributed by atoms with Crippen LogP contribution >= 0.6 is 35.1 Å². The number of carbonyl (C=O) groups excluding carboxylic acids is 2. The topological polar surface area (TPSA) is 165 Å². The van der Waals surface area contributed by atoms with E-state index in [-0.39, 0.29) is 39.2 Å². The summed E-state index contributed by atoms with van der Waals surface area (Å²) < 4.78 is 28.1. The average Bonchev–Trinajstić information content (AvgIpc) is 3.28. The predicted molar refractivity (Wildman–Crippen MR) is 169 cm³/mol. The van der Waals surface area contributed by atoms with E-state index in [1.807, 2.05) is 31.2 Å². The van der Waals surface area contributed by atoms with Crippen molar-refractivity contribution < 1.29 is 37.1 Å². The van der Waals surface area contributed by atoms with E-state index in [0.717, 1.165) is 17.4 Å². The quantitative estimate of drug-likeness (QED) is 0.252. The lowest BCUT2D eigenvalue weighted by Gasteiger charge is -2.32. The number of methoxy groups -OCH3 is 1. The van der Waals surface area contributed by atoms with Gasteiger partial charge in [0.25, 0.3) is 5.91 Å². The van der Waals surface area contributed by atoms with Crippen molar-refractivity contribution in [3.8, 4) is 5.75 Å². The Morgan fingerprint density at radius 3 is 2.56 bits per heavy atom. The van der Waals surface area contributed by atoms with Crippen LogP contribution in [0.1, 0.15) is 42.6 Å². The Balaban J connectivity index is 1.32. The first kappa shape index (κ1) is 33.4. The summed E-state index contributed by atoms with van der Waals surface area (Å²) in [4.78, 5) is 38.6. The number of anilines is 1. The standard InChI is InChI=1S/C28H35ClN4O7S3/c1-16(14-41-15-18-4-6-19(40-3)7-5-18)27(35)33(28(36)37)13-20(10-17(33)2)42-9-8-25-31-23-12-22(29)24(43(30,38)39)11-21(23)26(34)32-25/h4-7,11-12,16-17,20,25H,8-10,13-15H2,1-3H3,(H4-,30,31,32,34,36,37,38,39)/p+1/t16?,17?,20-,25?,33-/m0/s1. The van der Waals surface area contributed by atoms with Crippen molar-refractivity contribution >= 4 is 68.7 Å². The molecule has 5 atom stereocenters. The molecule has 2 aliphatic heterocycles. The summed E-state index contributed by atoms with van der Waals surface area (Å²) in [6.45, 7) is 3.82. The van der Waals surface area contributed by atoms with E-state index in [1.54, 1.807) is 37.6 Å². The van der Waals surface area contributed by atoms with E-state index in [9.17, 15) is 27.9 Å². The van der Waals surface area contributed by atoms with Crippen molar-refractivity contribution in [2.24, 2.45) is 11.1 Å². The van der Waals surface area contributed by atoms with Gasteiger partial charge >= 0.3 is 12.0 Å². The zero-order valence-electron chi connectivity index (χ0n) is 24.0. The van der Waals surface area contributed by atoms with Crippen LogP contribution in [0.5, 0.6) is 5.75 Å². The number of amides is 3. The number of sulfonamides is 1. The van der Waals surface area contributed by atoms with E-state index >= 15 is 0 Å². The molecule has 0 aliphatic carbocycles. The first-order chi connectivity index (χ1) is 20.3. The number of ether oxygens (including phenoxy) is 1. The lowest BCUT2D eigenvalue weighted by Crippen LogP contribution is -2.61. The Kier molecular flexibility index (Phi) is 10.6. The number of thioether (sulfide) groups is 2. The molecular weight excluding hydrogens is 636 g/mol. The van der Waals surface area contributed by atoms with Gasteiger partial charge in [0.05, 0.1) is 40.7 Å². The van der Waals surface area contributed by atoms with Crippen LogP contribution in [0.25, 0.3) is 0 Å². The fraction of sp³-hybridized carbons (Fsp3) is 0.464. The average molecular weight is 672 g/mol. The molecule has 0 aromatic heterocycles. The van der Waals surface area contributed by atoms with Crippen LogP contribution in [0.3, 0.4) is 0 Å². The Morgan fingerprint density at radius 1 is 1.23 bits per heavy atom. The molecule has 2 heterocycles. The molecule has 1 fully saturated rings. The van der Waals surface area contributed by atoms with Gasteiger partial charge in [0.2, 0.25) is 10.0 Å². The maximum Gasteiger partial charge on any atom is 0.521 e. The number of nitrogens with two attached hydrogens (primary N) is 1. The fourth-order valence-corrected chi connectivity index (χ4v) is 9.10. The van der Waals surface area contributed by atoms with Crippen LogP contribution < -0.4 is 20.5 Å². The summed E-state index contributed by atoms with van der Waals surface area (Å²) in [6.07, 6.45) is -0.477. The molecule has 2 aliphatic rings. The van der Waals surface area contributed by atoms with E-state index in [1.165, 1.54) is 6.07 Å². The number of quaternary nitrogens is 1. The van der Waals surface area contributed by atoms with Gasteiger partial charge in [-0.1, -0.05) is 23.7 Å². The number of rotatable bonds is 11. The Labute approximate surface area is 264 Å². The van der Waals surface area contributed by atoms with Gasteiger partial charge in [0, 0.05) is 17.9 Å². The lowest BCUT2D eigenvalue weighted by atomic mass is 10.1. The second-order valence-corrected chi connectivity index (χ2v) is 15.2. The Morgan fingerprint density at radius 2 is 1.93 bits per heavy atom. The molecule has 11 nitrogen and oxygen atoms in total. The van der Waals surface area contributed by atoms with E-state index in [2.05, 4.69) is 10.6 Å². The Bertz CT molecular complexity index is 1490. The number of hydrogen-bond acceptors (Lipinski definition) is 9. The largest absolute Gasteiger partial charge is 0.521 e. The second-order valence-electron chi connectivity index (χ2n) is 10.8. The summed E-state index contributed by atoms with van der Waals surface area (Å²) in [5, 5.41) is 21.3. The maximum atomic E-state index is 13.6. The van der Waals surface area contributed by atoms with Gasteiger partial charge < -0.3 is 20.5 Å². The third-order valence-corrected chi connectivity index (χ3v) is 11.8. The number of halogens is 1. The molecule has 15 heteroatoms. The molecule has 234 valence electrons. The van der Waals surface area contributed by atoms with E-state index < -0.39 is 38.6 Å². The maximum absolute atomic E-state index is 13.6. The zero-order chi connectivity index (χ0) is 31.5. The van der Waals surface area contributed by atoms with Gasteiger partial charge in [0.1, 0.15) is 23.2 Å². The van der Waals surface area contributed by atoms with Crippen LogP contribution in [-0.2, 0) is 20.6 Å². The van der Waals surface area contributed by atoms with Crippen molar-refractivity contribution in [2.45, 2.75) is 54.8 Å². The molecule has 2 aromatic rings. The number of hydrogen-bond donors (Lipinski definition) is 4. The normalized spacial score (nSPS) is 24.0. The number of imide groups is 1. The molecule has 3 unspecified atom stereocenters. The number of carbonyl (C=O) groups is 3. The van der Waals surface area contributed by atoms with Crippen molar-refractivity contribution in [1.29, 1.82) is 0 Å². The highest BCUT2D eigenvalue weighted by atomic mass is 35.5. The first-order valence-corrected chi connectivity index (χ1v) is 17.8. The van der Waals surface area contributed by atoms with Gasteiger partial charge in [-0.2, -0.15) is 32.8 Å². The highest BCUT2D eigenvalue weighted by Crippen LogP contribution is 2.37. The minimum atomic E-state index is -4.09. The van der Waals surface area contributed by atoms with Crippen molar-refractivity contribution in [1.82, 2.24) is 5.32 Å². The summed E-state index contributed by atoms with van der Waals surface area (Å²) in [7, 11) is -2.48. The zero-order valence-corrected chi connectivity index (χ0v) is 27.2. The molecule has 4 rings (SSSR count). The number of likely N-dealkylation sites (tertiary alicyclic amines) is 1. The number of fused-ring (bicyclic) bond motifs is 1. The number of nitrogens with one attached hydrogen (secondary N) is 2. The molecule has 0 bridgehead atoms. The van der Waals surface area contributed by atoms with Gasteiger partial charge in [-0.15, -0.1) is 0 Å². The van der Waals surface area contributed by atoms with Crippen LogP contribution in [0.2, 0.25) is 5.02 Å². The van der Waals surface area contributed by atoms with Crippen molar-refractivity contribution in [2.75, 3.05) is 30.5 Å². The summed E-state index contributed by atoms with van der Waals surface area (Å²) in [5.41, 5.74) is 1.62. The molecule has 1 saturated heterocycles. The molecule has 0 saturated carbocycles. The molecular formula is C28H36ClN4O7S3+. The first-order valence-electron chi connectivity index (χ1n) is 13.7. The van der Waals surface area contributed by atoms with Crippen LogP contribution in [0.4, 0.5) is 10.5 Å². The van der Waals surface area contributed by atoms with Crippen molar-refractivity contribution in [3.05, 3.63) is 52.5 Å². The number of nitrogens with zero attached hydrogens (tertiary/aromatic N) is 1. The van der Waals surface area contributed by atoms with Gasteiger partial charge in [0.15, 0.2) is 0 Å². The summed E-state index contributed by atoms with van der Waals surface area (Å²) >= 11 is 9.27. The predicted octanol–water partition coefficient (Wildman–Crippen LogP) is 4.35. The number of primary sulfonamides is 1. The Hall–Kier alpha value is -2.49. The number of carboxylic acid groups (broad SMARTS) is 1. The SMILES string of the molecule is COc1ccc(CSCC(C)C(=O)[N@+]2(C(=O)O)C[C@@H](SCCC3NC(=O)c4cc(S(N)(=O)=O)c(Cl)cc4N3)CC2C)cc1. The van der Waals surface area contributed by atoms with Crippen molar-refractivity contribution in [3.63, 3.8) is 0 Å². The van der Waals surface area contributed by atoms with Gasteiger partial charge in [-0.25, -0.2) is 18.4 Å². The van der Waals surface area contributed by atoms with E-state index in [4.69, 9.17) is 21.5 Å². The smallest absolute Gasteiger partial charge is 0.497 e. The lowest BCUT2D eigenvalue weighted by molar-refractivity contribution is -0.793. The highest BCUT2D eigenvalue weighted by molar-refractivity contribution is 7.99. The monoisotopic (exact) mass is 671 g/mol. The molecule has 43 heavy (non-hydrogen) atoms. The summed E-state index contributed by atoms with van der Waals surface area (Å²) in [5.74, 6) is 1.42. The van der Waals surface area contributed by atoms with Gasteiger partial charge in [-0.3, -0.25) is 4.79 Å². The van der Waals surface area contributed by atoms with Crippen LogP contribution in [0.15, 0.2) is 41.3 Å². The second kappa shape index (κ2) is 13.7. The minimum absolute atomic E-state index is 0.0486. The summed E-state index contributed by atoms with van der Waals surface area (Å²) in [6, 6.07) is 9.87. The van der Waals surface area contributed by atoms with Crippen LogP contribution in [0, 0.1) is 5.92 Å². The van der Waals surface area contributed by atoms with Crippen LogP contribution in [-0.4, -0.2) is 78.5 Å². The molecule has 3 amide bonds. The van der Waals surface area contributed by atoms with E-state index in [0.29, 0.717) is 35.8 Å².